The van der Waals surface area contributed by atoms with E-state index < -0.39 is 83.4 Å². The molecule has 7 aliphatic rings. The van der Waals surface area contributed by atoms with Gasteiger partial charge in [0, 0.05) is 131 Å². The number of phenolic OH excluding ortho intramolecular Hbond substituents is 2. The molecule has 2 amide bonds. The molecule has 0 aliphatic carbocycles. The minimum Gasteiger partial charge on any atom is -0.507 e. The minimum atomic E-state index is -1.79. The first-order chi connectivity index (χ1) is 34.7. The van der Waals surface area contributed by atoms with Crippen LogP contribution in [0.2, 0.25) is 0 Å². The van der Waals surface area contributed by atoms with Gasteiger partial charge in [0.2, 0.25) is 0 Å². The summed E-state index contributed by atoms with van der Waals surface area (Å²) in [6, 6.07) is 0.372. The number of hydrogen-bond donors (Lipinski definition) is 7. The molecule has 7 aliphatic heterocycles. The van der Waals surface area contributed by atoms with Crippen molar-refractivity contribution in [3.63, 3.8) is 0 Å². The summed E-state index contributed by atoms with van der Waals surface area (Å²) < 4.78 is 30.7. The zero-order chi connectivity index (χ0) is 52.7. The van der Waals surface area contributed by atoms with Gasteiger partial charge in [0.25, 0.3) is 11.7 Å². The van der Waals surface area contributed by atoms with Gasteiger partial charge in [0.05, 0.1) is 35.3 Å². The van der Waals surface area contributed by atoms with Crippen LogP contribution in [0.15, 0.2) is 46.1 Å². The fourth-order valence-electron chi connectivity index (χ4n) is 11.9. The summed E-state index contributed by atoms with van der Waals surface area (Å²) in [5, 5.41) is 67.1. The number of alkyl carbamates (subject to hydrolysis) is 1. The number of likely N-dealkylation sites (tertiary alicyclic amines) is 2. The number of piperidine rings is 2. The number of nitrogens with zero attached hydrogens (tertiary/aromatic N) is 4. The van der Waals surface area contributed by atoms with Gasteiger partial charge in [-0.15, -0.1) is 0 Å². The van der Waals surface area contributed by atoms with Gasteiger partial charge in [-0.25, -0.2) is 4.79 Å². The second kappa shape index (κ2) is 22.2. The largest absolute Gasteiger partial charge is 0.507 e. The number of amides is 2. The number of aliphatic hydroxyl groups is 3. The Morgan fingerprint density at radius 3 is 2.23 bits per heavy atom. The van der Waals surface area contributed by atoms with Crippen LogP contribution in [0.1, 0.15) is 111 Å². The number of benzene rings is 2. The van der Waals surface area contributed by atoms with Crippen molar-refractivity contribution in [1.82, 2.24) is 15.1 Å². The fourth-order valence-corrected chi connectivity index (χ4v) is 11.9. The Morgan fingerprint density at radius 1 is 0.904 bits per heavy atom. The molecule has 402 valence electrons. The lowest BCUT2D eigenvalue weighted by Crippen LogP contribution is -2.51. The number of phenols is 2. The van der Waals surface area contributed by atoms with Crippen molar-refractivity contribution in [2.75, 3.05) is 58.4 Å². The van der Waals surface area contributed by atoms with Gasteiger partial charge in [-0.1, -0.05) is 59.8 Å². The van der Waals surface area contributed by atoms with Crippen LogP contribution in [0.4, 0.5) is 10.5 Å². The second-order valence-electron chi connectivity index (χ2n) is 22.2. The summed E-state index contributed by atoms with van der Waals surface area (Å²) in [5.41, 5.74) is -0.260. The van der Waals surface area contributed by atoms with Crippen molar-refractivity contribution >= 4 is 28.5 Å². The Bertz CT molecular complexity index is 2580. The summed E-state index contributed by atoms with van der Waals surface area (Å²) >= 11 is 0. The number of ether oxygens (including phenoxy) is 5. The maximum Gasteiger partial charge on any atom is 0.407 e. The van der Waals surface area contributed by atoms with Crippen LogP contribution in [0.3, 0.4) is 0 Å². The van der Waals surface area contributed by atoms with Gasteiger partial charge < -0.3 is 69.7 Å². The first-order valence-electron chi connectivity index (χ1n) is 26.5. The number of carbonyl (C=O) groups excluding carboxylic acids is 2. The van der Waals surface area contributed by atoms with Crippen LogP contribution in [0, 0.1) is 36.5 Å². The van der Waals surface area contributed by atoms with Gasteiger partial charge in [-0.2, -0.15) is 0 Å². The highest BCUT2D eigenvalue weighted by molar-refractivity contribution is 6.08. The highest BCUT2D eigenvalue weighted by Gasteiger charge is 2.50. The molecule has 5 bridgehead atoms. The summed E-state index contributed by atoms with van der Waals surface area (Å²) in [4.78, 5) is 43.3. The molecule has 1 spiro atoms. The Balaban J connectivity index is 1.16. The summed E-state index contributed by atoms with van der Waals surface area (Å²) in [6.45, 7) is 21.9. The minimum absolute atomic E-state index is 0.0272. The van der Waals surface area contributed by atoms with E-state index in [9.17, 15) is 35.1 Å². The normalized spacial score (nSPS) is 33.5. The van der Waals surface area contributed by atoms with Crippen LogP contribution in [0.25, 0.3) is 10.8 Å². The molecule has 7 heterocycles. The first-order valence-corrected chi connectivity index (χ1v) is 26.5. The second-order valence-corrected chi connectivity index (χ2v) is 22.2. The third-order valence-electron chi connectivity index (χ3n) is 16.6. The molecule has 9 rings (SSSR count). The monoisotopic (exact) mass is 1020 g/mol. The zero-order valence-electron chi connectivity index (χ0n) is 44.4. The summed E-state index contributed by atoms with van der Waals surface area (Å²) in [7, 11) is 1.51. The van der Waals surface area contributed by atoms with E-state index in [2.05, 4.69) is 34.3 Å². The van der Waals surface area contributed by atoms with E-state index in [-0.39, 0.29) is 56.1 Å². The molecule has 2 aromatic rings. The maximum atomic E-state index is 14.1. The van der Waals surface area contributed by atoms with Crippen molar-refractivity contribution in [1.29, 1.82) is 0 Å². The van der Waals surface area contributed by atoms with Crippen molar-refractivity contribution in [2.45, 2.75) is 155 Å². The van der Waals surface area contributed by atoms with Crippen LogP contribution in [-0.2, 0) is 23.7 Å². The number of anilines is 1. The molecule has 18 nitrogen and oxygen atoms in total. The predicted octanol–water partition coefficient (Wildman–Crippen LogP) is 5.41. The first kappa shape index (κ1) is 54.4. The maximum absolute atomic E-state index is 14.1. The van der Waals surface area contributed by atoms with E-state index >= 15 is 0 Å². The Morgan fingerprint density at radius 2 is 1.58 bits per heavy atom. The van der Waals surface area contributed by atoms with Gasteiger partial charge in [-0.3, -0.25) is 14.8 Å². The number of hydrogen-bond acceptors (Lipinski definition) is 16. The Labute approximate surface area is 429 Å². The highest BCUT2D eigenvalue weighted by atomic mass is 16.7. The lowest BCUT2D eigenvalue weighted by atomic mass is 9.78. The molecule has 7 N–H and O–H groups in total. The van der Waals surface area contributed by atoms with E-state index in [1.807, 2.05) is 13.8 Å². The number of allylic oxidation sites excluding steroid dienone is 2. The number of rotatable bonds is 6. The summed E-state index contributed by atoms with van der Waals surface area (Å²) in [5.74, 6) is -5.02. The lowest BCUT2D eigenvalue weighted by Gasteiger charge is -2.40. The molecule has 3 fully saturated rings. The number of aliphatic hydroxyl groups excluding tert-OH is 3. The SMILES string of the molecule is CO[C@H]1/C=C/O[C@@]2(C)Oc3c(C)c(O)c4c(O)c(c5c(c4c3C2O)=NC2(CCN(CC(C)C)CC2)N=5)NC(=O)/C(C)=C\C=C\[C@H](C)[C@H](O)[C@@H](C)[C@@H](O)[C@@H](C)[C@H](OC(=O)NC2CCN(C3CCOCC3)CC2)[C@@H]1C. The zero-order valence-corrected chi connectivity index (χ0v) is 44.4. The molecule has 2 aromatic carbocycles. The molecule has 0 radical (unpaired) electrons. The van der Waals surface area contributed by atoms with E-state index in [1.165, 1.54) is 13.4 Å². The smallest absolute Gasteiger partial charge is 0.407 e. The van der Waals surface area contributed by atoms with Gasteiger partial charge in [-0.05, 0) is 51.5 Å². The predicted molar refractivity (Wildman–Crippen MR) is 275 cm³/mol. The average molecular weight is 1020 g/mol. The van der Waals surface area contributed by atoms with E-state index in [0.29, 0.717) is 43.2 Å². The van der Waals surface area contributed by atoms with Gasteiger partial charge >= 0.3 is 6.09 Å². The van der Waals surface area contributed by atoms with Crippen molar-refractivity contribution < 1.29 is 58.8 Å². The van der Waals surface area contributed by atoms with Crippen LogP contribution in [0.5, 0.6) is 17.2 Å². The van der Waals surface area contributed by atoms with Crippen LogP contribution in [-0.4, -0.2) is 148 Å². The molecule has 18 heteroatoms. The quantitative estimate of drug-likeness (QED) is 0.180. The molecule has 1 unspecified atom stereocenters. The van der Waals surface area contributed by atoms with E-state index in [0.717, 1.165) is 58.5 Å². The highest BCUT2D eigenvalue weighted by Crippen LogP contribution is 2.54. The topological polar surface area (TPSA) is 237 Å². The van der Waals surface area contributed by atoms with Gasteiger partial charge in [0.1, 0.15) is 28.6 Å². The van der Waals surface area contributed by atoms with E-state index in [4.69, 9.17) is 33.7 Å². The Hall–Kier alpha value is -4.82. The third kappa shape index (κ3) is 11.0. The molecule has 3 saturated heterocycles. The van der Waals surface area contributed by atoms with Crippen LogP contribution < -0.4 is 26.1 Å². The molecule has 0 saturated carbocycles. The third-order valence-corrected chi connectivity index (χ3v) is 16.6. The fraction of sp³-hybridized carbons (Fsp3) is 0.673. The number of fused-ring (bicyclic) bond motifs is 13. The standard InChI is InChI=1S/C55H80N6O12/c1-29(2)28-60-23-19-55(20-24-60)58-42-39-40-47(64)35(8)50-41(39)51(66)54(9,73-50)71-27-18-38(69-10)32(5)49(72-53(68)56-36-14-21-61(22-15-36)37-16-25-70-26-17-37)34(7)46(63)33(6)45(62)30(3)12-11-13-31(4)52(67)57-44(48(40)65)43(42)59-55/h11-13,18,27,29-30,32-34,36-38,45-46,49,51,62-66H,14-17,19-26,28H2,1-10H3,(H,56,68)(H,57,67)/b12-11+,27-18+,31-13-/t30-,32+,33+,34+,38-,45-,46+,49+,51?,54-/m0/s1. The number of nitrogens with one attached hydrogen (secondary N) is 2. The number of aromatic hydroxyl groups is 2. The molecular formula is C55H80N6O12. The molecular weight excluding hydrogens is 937 g/mol. The average Bonchev–Trinajstić information content (AvgIpc) is 3.87. The van der Waals surface area contributed by atoms with Crippen molar-refractivity contribution in [2.24, 2.45) is 39.6 Å². The van der Waals surface area contributed by atoms with E-state index in [1.54, 1.807) is 58.9 Å². The van der Waals surface area contributed by atoms with Crippen molar-refractivity contribution in [3.8, 4) is 17.2 Å². The van der Waals surface area contributed by atoms with Gasteiger partial charge in [0.15, 0.2) is 17.5 Å². The Kier molecular flexibility index (Phi) is 16.5. The number of methoxy groups -OCH3 is 1. The summed E-state index contributed by atoms with van der Waals surface area (Å²) in [6.07, 6.45) is 6.57. The molecule has 73 heavy (non-hydrogen) atoms. The lowest BCUT2D eigenvalue weighted by molar-refractivity contribution is -0.181. The molecule has 0 aromatic heterocycles. The number of carbonyl (C=O) groups is 2. The molecule has 10 atom stereocenters. The van der Waals surface area contributed by atoms with Crippen LogP contribution >= 0.6 is 0 Å². The van der Waals surface area contributed by atoms with Crippen molar-refractivity contribution in [3.05, 3.63) is 58.0 Å².